The van der Waals surface area contributed by atoms with Gasteiger partial charge < -0.3 is 0 Å². The van der Waals surface area contributed by atoms with Crippen LogP contribution in [0.5, 0.6) is 0 Å². The van der Waals surface area contributed by atoms with Crippen molar-refractivity contribution in [3.8, 4) is 0 Å². The van der Waals surface area contributed by atoms with E-state index in [2.05, 4.69) is 20.1 Å². The number of carboxylic acid groups (broad SMARTS) is 1. The van der Waals surface area contributed by atoms with E-state index in [1.54, 1.807) is 0 Å². The third-order valence-electron chi connectivity index (χ3n) is 1.93. The van der Waals surface area contributed by atoms with Crippen molar-refractivity contribution in [3.63, 3.8) is 0 Å². The third kappa shape index (κ3) is 9.99. The molecule has 0 rings (SSSR count). The molecule has 0 heterocycles. The molecule has 1 atom stereocenters. The van der Waals surface area contributed by atoms with Crippen LogP contribution < -0.4 is 5.32 Å². The molecule has 2 N–H and O–H groups in total. The molecule has 0 spiro atoms. The normalized spacial score (nSPS) is 13.8. The Hall–Kier alpha value is 0.0687. The summed E-state index contributed by atoms with van der Waals surface area (Å²) in [5.41, 5.74) is 0. The molecule has 0 aromatic heterocycles. The van der Waals surface area contributed by atoms with Gasteiger partial charge in [-0.3, -0.25) is 0 Å². The van der Waals surface area contributed by atoms with Crippen LogP contribution in [0.15, 0.2) is 0 Å². The SMILES string of the molecule is CC(CC[CH2][Sn]([CH3])([CH3])[CH3])NC(=O)O. The standard InChI is InChI=1S/C6H12NO2.3CH3.Sn/c1-3-4-5(2)7-6(8)9;;;;/h5,7H,1,3-4H2,2H3,(H,8,9);3*1H3;. The van der Waals surface area contributed by atoms with Gasteiger partial charge in [0.25, 0.3) is 0 Å². The number of nitrogens with one attached hydrogen (secondary N) is 1. The van der Waals surface area contributed by atoms with Crippen molar-refractivity contribution in [1.82, 2.24) is 5.32 Å². The predicted octanol–water partition coefficient (Wildman–Crippen LogP) is 2.76. The fourth-order valence-electron chi connectivity index (χ4n) is 1.22. The van der Waals surface area contributed by atoms with Gasteiger partial charge in [-0.15, -0.1) is 0 Å². The quantitative estimate of drug-likeness (QED) is 0.766. The Kier molecular flexibility index (Phi) is 5.76. The zero-order valence-electron chi connectivity index (χ0n) is 9.05. The first-order valence-corrected chi connectivity index (χ1v) is 15.4. The molecular weight excluding hydrogens is 273 g/mol. The average Bonchev–Trinajstić information content (AvgIpc) is 1.81. The molecule has 0 bridgehead atoms. The maximum absolute atomic E-state index is 10.3. The summed E-state index contributed by atoms with van der Waals surface area (Å²) in [6, 6.07) is 0.103. The van der Waals surface area contributed by atoms with Crippen LogP contribution in [0.2, 0.25) is 19.3 Å². The van der Waals surface area contributed by atoms with E-state index in [1.807, 2.05) is 6.92 Å². The zero-order valence-corrected chi connectivity index (χ0v) is 11.9. The Balaban J connectivity index is 3.48. The van der Waals surface area contributed by atoms with Crippen molar-refractivity contribution >= 4 is 24.5 Å². The molecule has 0 saturated heterocycles. The molecule has 3 nitrogen and oxygen atoms in total. The summed E-state index contributed by atoms with van der Waals surface area (Å²) in [6.07, 6.45) is 1.23. The first kappa shape index (κ1) is 13.1. The average molecular weight is 294 g/mol. The second-order valence-corrected chi connectivity index (χ2v) is 20.8. The van der Waals surface area contributed by atoms with E-state index in [0.29, 0.717) is 0 Å². The Labute approximate surface area is 84.8 Å². The number of hydrogen-bond donors (Lipinski definition) is 2. The zero-order chi connectivity index (χ0) is 10.5. The molecule has 0 saturated carbocycles. The summed E-state index contributed by atoms with van der Waals surface area (Å²) in [6.45, 7) is 1.92. The van der Waals surface area contributed by atoms with Crippen molar-refractivity contribution in [1.29, 1.82) is 0 Å². The first-order valence-electron chi connectivity index (χ1n) is 4.81. The van der Waals surface area contributed by atoms with E-state index in [-0.39, 0.29) is 6.04 Å². The van der Waals surface area contributed by atoms with Crippen LogP contribution in [0.3, 0.4) is 0 Å². The minimum absolute atomic E-state index is 0.103. The monoisotopic (exact) mass is 295 g/mol. The summed E-state index contributed by atoms with van der Waals surface area (Å²) in [4.78, 5) is 17.5. The first-order chi connectivity index (χ1) is 5.81. The summed E-state index contributed by atoms with van der Waals surface area (Å²) in [5.74, 6) is 0. The van der Waals surface area contributed by atoms with E-state index in [9.17, 15) is 4.79 Å². The van der Waals surface area contributed by atoms with E-state index >= 15 is 0 Å². The molecule has 0 aliphatic carbocycles. The van der Waals surface area contributed by atoms with Crippen molar-refractivity contribution in [2.75, 3.05) is 0 Å². The summed E-state index contributed by atoms with van der Waals surface area (Å²) < 4.78 is 1.35. The van der Waals surface area contributed by atoms with E-state index in [1.165, 1.54) is 10.9 Å². The molecule has 0 aliphatic rings. The molecule has 0 fully saturated rings. The fourth-order valence-corrected chi connectivity index (χ4v) is 4.83. The number of rotatable bonds is 5. The molecule has 0 aromatic carbocycles. The Morgan fingerprint density at radius 3 is 2.38 bits per heavy atom. The van der Waals surface area contributed by atoms with Gasteiger partial charge in [-0.25, -0.2) is 0 Å². The Bertz CT molecular complexity index is 165. The van der Waals surface area contributed by atoms with E-state index in [4.69, 9.17) is 5.11 Å². The Morgan fingerprint density at radius 2 is 2.00 bits per heavy atom. The van der Waals surface area contributed by atoms with Crippen LogP contribution in [0.25, 0.3) is 0 Å². The predicted molar refractivity (Wildman–Crippen MR) is 58.0 cm³/mol. The number of hydrogen-bond acceptors (Lipinski definition) is 1. The summed E-state index contributed by atoms with van der Waals surface area (Å²) in [7, 11) is 0. The summed E-state index contributed by atoms with van der Waals surface area (Å²) >= 11 is -1.60. The van der Waals surface area contributed by atoms with Gasteiger partial charge in [0.15, 0.2) is 0 Å². The van der Waals surface area contributed by atoms with Gasteiger partial charge in [-0.2, -0.15) is 0 Å². The van der Waals surface area contributed by atoms with Crippen LogP contribution in [0, 0.1) is 0 Å². The number of carbonyl (C=O) groups is 1. The van der Waals surface area contributed by atoms with Crippen LogP contribution in [0.4, 0.5) is 4.79 Å². The van der Waals surface area contributed by atoms with Gasteiger partial charge in [-0.05, 0) is 0 Å². The second-order valence-electron chi connectivity index (χ2n) is 4.80. The number of amides is 1. The van der Waals surface area contributed by atoms with Gasteiger partial charge in [0.05, 0.1) is 0 Å². The van der Waals surface area contributed by atoms with E-state index in [0.717, 1.165) is 6.42 Å². The van der Waals surface area contributed by atoms with Crippen LogP contribution in [0.1, 0.15) is 19.8 Å². The molecule has 13 heavy (non-hydrogen) atoms. The second kappa shape index (κ2) is 5.73. The van der Waals surface area contributed by atoms with E-state index < -0.39 is 24.5 Å². The van der Waals surface area contributed by atoms with Gasteiger partial charge in [-0.1, -0.05) is 0 Å². The third-order valence-corrected chi connectivity index (χ3v) is 7.22. The molecular formula is C9H21NO2Sn. The van der Waals surface area contributed by atoms with Gasteiger partial charge in [0.1, 0.15) is 0 Å². The van der Waals surface area contributed by atoms with Gasteiger partial charge in [0, 0.05) is 0 Å². The van der Waals surface area contributed by atoms with Crippen molar-refractivity contribution in [2.45, 2.75) is 45.1 Å². The Morgan fingerprint density at radius 1 is 1.46 bits per heavy atom. The van der Waals surface area contributed by atoms with Crippen LogP contribution >= 0.6 is 0 Å². The molecule has 1 amide bonds. The molecule has 78 valence electrons. The van der Waals surface area contributed by atoms with Gasteiger partial charge >= 0.3 is 84.8 Å². The molecule has 1 unspecified atom stereocenters. The molecule has 0 aromatic rings. The van der Waals surface area contributed by atoms with Crippen molar-refractivity contribution < 1.29 is 9.90 Å². The van der Waals surface area contributed by atoms with Gasteiger partial charge in [0.2, 0.25) is 0 Å². The summed E-state index contributed by atoms with van der Waals surface area (Å²) in [5, 5.41) is 10.9. The fraction of sp³-hybridized carbons (Fsp3) is 0.889. The minimum atomic E-state index is -1.60. The topological polar surface area (TPSA) is 49.3 Å². The van der Waals surface area contributed by atoms with Crippen molar-refractivity contribution in [2.24, 2.45) is 0 Å². The molecule has 4 heteroatoms. The molecule has 0 radical (unpaired) electrons. The van der Waals surface area contributed by atoms with Crippen LogP contribution in [-0.2, 0) is 0 Å². The van der Waals surface area contributed by atoms with Crippen molar-refractivity contribution in [3.05, 3.63) is 0 Å². The maximum atomic E-state index is 10.3. The molecule has 0 aliphatic heterocycles. The van der Waals surface area contributed by atoms with Crippen LogP contribution in [-0.4, -0.2) is 35.6 Å².